The minimum Gasteiger partial charge on any atom is -0.361 e. The zero-order valence-corrected chi connectivity index (χ0v) is 13.2. The zero-order valence-electron chi connectivity index (χ0n) is 13.2. The van der Waals surface area contributed by atoms with Crippen LogP contribution in [-0.2, 0) is 17.8 Å². The van der Waals surface area contributed by atoms with E-state index in [-0.39, 0.29) is 5.91 Å². The van der Waals surface area contributed by atoms with Crippen LogP contribution < -0.4 is 5.32 Å². The molecule has 1 amide bonds. The fourth-order valence-corrected chi connectivity index (χ4v) is 2.95. The number of fused-ring (bicyclic) bond motifs is 2. The second-order valence-corrected chi connectivity index (χ2v) is 5.84. The summed E-state index contributed by atoms with van der Waals surface area (Å²) in [5.41, 5.74) is 4.18. The van der Waals surface area contributed by atoms with Crippen LogP contribution >= 0.6 is 0 Å². The Bertz CT molecular complexity index is 966. The average molecular weight is 318 g/mol. The van der Waals surface area contributed by atoms with Crippen molar-refractivity contribution in [2.24, 2.45) is 0 Å². The maximum atomic E-state index is 12.1. The highest BCUT2D eigenvalue weighted by Crippen LogP contribution is 2.18. The first-order chi connectivity index (χ1) is 11.8. The van der Waals surface area contributed by atoms with Crippen molar-refractivity contribution in [3.63, 3.8) is 0 Å². The average Bonchev–Trinajstić information content (AvgIpc) is 3.21. The smallest absolute Gasteiger partial charge is 0.220 e. The SMILES string of the molecule is O=C(CCc1c[nH]c2ccccc12)NCc1nc2ccccc2[nH]1. The Hall–Kier alpha value is -3.08. The third-order valence-corrected chi connectivity index (χ3v) is 4.19. The lowest BCUT2D eigenvalue weighted by molar-refractivity contribution is -0.121. The predicted molar refractivity (Wildman–Crippen MR) is 94.6 cm³/mol. The molecular weight excluding hydrogens is 300 g/mol. The third-order valence-electron chi connectivity index (χ3n) is 4.19. The van der Waals surface area contributed by atoms with Crippen LogP contribution in [0.4, 0.5) is 0 Å². The topological polar surface area (TPSA) is 73.6 Å². The van der Waals surface area contributed by atoms with Crippen molar-refractivity contribution in [1.29, 1.82) is 0 Å². The number of benzene rings is 2. The summed E-state index contributed by atoms with van der Waals surface area (Å²) in [6.45, 7) is 0.418. The summed E-state index contributed by atoms with van der Waals surface area (Å²) in [4.78, 5) is 23.0. The van der Waals surface area contributed by atoms with Gasteiger partial charge in [0, 0.05) is 23.5 Å². The van der Waals surface area contributed by atoms with Gasteiger partial charge in [-0.05, 0) is 30.2 Å². The molecule has 0 fully saturated rings. The Labute approximate surface area is 139 Å². The molecule has 4 aromatic rings. The summed E-state index contributed by atoms with van der Waals surface area (Å²) < 4.78 is 0. The standard InChI is InChI=1S/C19H18N4O/c24-19(10-9-13-11-20-15-6-2-1-5-14(13)15)21-12-18-22-16-7-3-4-8-17(16)23-18/h1-8,11,20H,9-10,12H2,(H,21,24)(H,22,23). The Kier molecular flexibility index (Phi) is 3.75. The fourth-order valence-electron chi connectivity index (χ4n) is 2.95. The Morgan fingerprint density at radius 2 is 1.83 bits per heavy atom. The van der Waals surface area contributed by atoms with Crippen molar-refractivity contribution in [3.05, 3.63) is 66.1 Å². The Morgan fingerprint density at radius 3 is 2.71 bits per heavy atom. The third kappa shape index (κ3) is 2.88. The molecule has 0 aliphatic rings. The predicted octanol–water partition coefficient (Wildman–Crippen LogP) is 3.29. The van der Waals surface area contributed by atoms with E-state index in [9.17, 15) is 4.79 Å². The van der Waals surface area contributed by atoms with Gasteiger partial charge < -0.3 is 15.3 Å². The first-order valence-electron chi connectivity index (χ1n) is 8.05. The number of carbonyl (C=O) groups excluding carboxylic acids is 1. The minimum atomic E-state index is 0.0285. The van der Waals surface area contributed by atoms with E-state index in [1.165, 1.54) is 10.9 Å². The molecule has 120 valence electrons. The lowest BCUT2D eigenvalue weighted by atomic mass is 10.1. The van der Waals surface area contributed by atoms with Gasteiger partial charge in [0.1, 0.15) is 5.82 Å². The number of aromatic amines is 2. The number of amides is 1. The number of nitrogens with one attached hydrogen (secondary N) is 3. The number of aromatic nitrogens is 3. The molecule has 0 bridgehead atoms. The van der Waals surface area contributed by atoms with Gasteiger partial charge in [-0.15, -0.1) is 0 Å². The second kappa shape index (κ2) is 6.20. The summed E-state index contributed by atoms with van der Waals surface area (Å²) >= 11 is 0. The van der Waals surface area contributed by atoms with Crippen LogP contribution in [0.2, 0.25) is 0 Å². The van der Waals surface area contributed by atoms with Gasteiger partial charge in [-0.25, -0.2) is 4.98 Å². The van der Waals surface area contributed by atoms with E-state index in [0.717, 1.165) is 28.8 Å². The lowest BCUT2D eigenvalue weighted by Gasteiger charge is -2.03. The van der Waals surface area contributed by atoms with Gasteiger partial charge in [-0.2, -0.15) is 0 Å². The van der Waals surface area contributed by atoms with Crippen LogP contribution in [0.5, 0.6) is 0 Å². The largest absolute Gasteiger partial charge is 0.361 e. The van der Waals surface area contributed by atoms with E-state index in [1.54, 1.807) is 0 Å². The van der Waals surface area contributed by atoms with Crippen LogP contribution in [0.25, 0.3) is 21.9 Å². The number of hydrogen-bond acceptors (Lipinski definition) is 2. The van der Waals surface area contributed by atoms with E-state index in [4.69, 9.17) is 0 Å². The van der Waals surface area contributed by atoms with E-state index < -0.39 is 0 Å². The van der Waals surface area contributed by atoms with Crippen molar-refractivity contribution in [1.82, 2.24) is 20.3 Å². The van der Waals surface area contributed by atoms with Gasteiger partial charge in [0.05, 0.1) is 17.6 Å². The molecule has 2 heterocycles. The Balaban J connectivity index is 1.35. The molecule has 0 aliphatic heterocycles. The molecule has 2 aromatic carbocycles. The van der Waals surface area contributed by atoms with Gasteiger partial charge in [0.15, 0.2) is 0 Å². The van der Waals surface area contributed by atoms with Gasteiger partial charge >= 0.3 is 0 Å². The van der Waals surface area contributed by atoms with E-state index in [2.05, 4.69) is 26.3 Å². The van der Waals surface area contributed by atoms with Gasteiger partial charge in [-0.1, -0.05) is 30.3 Å². The van der Waals surface area contributed by atoms with Crippen molar-refractivity contribution < 1.29 is 4.79 Å². The van der Waals surface area contributed by atoms with Crippen molar-refractivity contribution in [2.75, 3.05) is 0 Å². The van der Waals surface area contributed by atoms with Gasteiger partial charge in [-0.3, -0.25) is 4.79 Å². The number of H-pyrrole nitrogens is 2. The highest BCUT2D eigenvalue weighted by Gasteiger charge is 2.08. The molecule has 24 heavy (non-hydrogen) atoms. The molecular formula is C19H18N4O. The quantitative estimate of drug-likeness (QED) is 0.528. The molecule has 0 atom stereocenters. The summed E-state index contributed by atoms with van der Waals surface area (Å²) in [5, 5.41) is 4.11. The van der Waals surface area contributed by atoms with Crippen LogP contribution in [-0.4, -0.2) is 20.9 Å². The lowest BCUT2D eigenvalue weighted by Crippen LogP contribution is -2.23. The summed E-state index contributed by atoms with van der Waals surface area (Å²) in [5.74, 6) is 0.803. The van der Waals surface area contributed by atoms with Crippen molar-refractivity contribution in [2.45, 2.75) is 19.4 Å². The first kappa shape index (κ1) is 14.5. The first-order valence-corrected chi connectivity index (χ1v) is 8.05. The van der Waals surface area contributed by atoms with Crippen LogP contribution in [0, 0.1) is 0 Å². The number of carbonyl (C=O) groups is 1. The maximum absolute atomic E-state index is 12.1. The van der Waals surface area contributed by atoms with E-state index in [1.807, 2.05) is 48.7 Å². The van der Waals surface area contributed by atoms with E-state index in [0.29, 0.717) is 13.0 Å². The number of nitrogens with zero attached hydrogens (tertiary/aromatic N) is 1. The molecule has 0 radical (unpaired) electrons. The summed E-state index contributed by atoms with van der Waals surface area (Å²) in [6, 6.07) is 16.0. The minimum absolute atomic E-state index is 0.0285. The molecule has 2 aromatic heterocycles. The van der Waals surface area contributed by atoms with E-state index >= 15 is 0 Å². The Morgan fingerprint density at radius 1 is 1.04 bits per heavy atom. The summed E-state index contributed by atoms with van der Waals surface area (Å²) in [7, 11) is 0. The van der Waals surface area contributed by atoms with Crippen molar-refractivity contribution >= 4 is 27.8 Å². The molecule has 0 spiro atoms. The maximum Gasteiger partial charge on any atom is 0.220 e. The highest BCUT2D eigenvalue weighted by atomic mass is 16.1. The number of imidazole rings is 1. The number of rotatable bonds is 5. The van der Waals surface area contributed by atoms with Crippen molar-refractivity contribution in [3.8, 4) is 0 Å². The van der Waals surface area contributed by atoms with Crippen LogP contribution in [0.1, 0.15) is 17.8 Å². The molecule has 3 N–H and O–H groups in total. The molecule has 0 saturated heterocycles. The molecule has 0 saturated carbocycles. The monoisotopic (exact) mass is 318 g/mol. The van der Waals surface area contributed by atoms with Crippen LogP contribution in [0.3, 0.4) is 0 Å². The normalized spacial score (nSPS) is 11.2. The molecule has 4 rings (SSSR count). The van der Waals surface area contributed by atoms with Gasteiger partial charge in [0.25, 0.3) is 0 Å². The second-order valence-electron chi connectivity index (χ2n) is 5.84. The molecule has 5 nitrogen and oxygen atoms in total. The zero-order chi connectivity index (χ0) is 16.4. The number of para-hydroxylation sites is 3. The number of hydrogen-bond donors (Lipinski definition) is 3. The highest BCUT2D eigenvalue weighted by molar-refractivity contribution is 5.84. The van der Waals surface area contributed by atoms with Crippen LogP contribution in [0.15, 0.2) is 54.7 Å². The molecule has 5 heteroatoms. The molecule has 0 aliphatic carbocycles. The van der Waals surface area contributed by atoms with Gasteiger partial charge in [0.2, 0.25) is 5.91 Å². The number of aryl methyl sites for hydroxylation is 1. The summed E-state index contributed by atoms with van der Waals surface area (Å²) in [6.07, 6.45) is 3.16. The fraction of sp³-hybridized carbons (Fsp3) is 0.158. The molecule has 0 unspecified atom stereocenters.